The fraction of sp³-hybridized carbons (Fsp3) is 0.538. The molecule has 1 aliphatic heterocycles. The van der Waals surface area contributed by atoms with Gasteiger partial charge in [-0.3, -0.25) is 0 Å². The molecule has 2 nitrogen and oxygen atoms in total. The van der Waals surface area contributed by atoms with Gasteiger partial charge in [0.2, 0.25) is 0 Å². The van der Waals surface area contributed by atoms with Crippen molar-refractivity contribution in [1.82, 2.24) is 5.32 Å². The summed E-state index contributed by atoms with van der Waals surface area (Å²) in [4.78, 5) is 0. The zero-order valence-corrected chi connectivity index (χ0v) is 9.46. The lowest BCUT2D eigenvalue weighted by atomic mass is 9.68. The Hall–Kier alpha value is -1.02. The van der Waals surface area contributed by atoms with E-state index in [1.54, 1.807) is 6.07 Å². The van der Waals surface area contributed by atoms with Crippen LogP contribution < -0.4 is 5.32 Å². The van der Waals surface area contributed by atoms with Gasteiger partial charge in [-0.25, -0.2) is 0 Å². The van der Waals surface area contributed by atoms with Gasteiger partial charge in [0.25, 0.3) is 0 Å². The van der Waals surface area contributed by atoms with E-state index in [0.29, 0.717) is 11.7 Å². The fourth-order valence-electron chi connectivity index (χ4n) is 2.49. The molecule has 0 radical (unpaired) electrons. The van der Waals surface area contributed by atoms with E-state index in [1.807, 2.05) is 12.1 Å². The maximum Gasteiger partial charge on any atom is 0.119 e. The average molecular weight is 205 g/mol. The van der Waals surface area contributed by atoms with E-state index in [9.17, 15) is 5.11 Å². The molecule has 1 heterocycles. The molecule has 1 aromatic carbocycles. The molecule has 2 atom stereocenters. The van der Waals surface area contributed by atoms with Crippen LogP contribution in [-0.4, -0.2) is 18.2 Å². The summed E-state index contributed by atoms with van der Waals surface area (Å²) in [6.45, 7) is 6.58. The van der Waals surface area contributed by atoms with Crippen LogP contribution in [0, 0.1) is 5.92 Å². The fourth-order valence-corrected chi connectivity index (χ4v) is 2.49. The summed E-state index contributed by atoms with van der Waals surface area (Å²) < 4.78 is 0. The van der Waals surface area contributed by atoms with Crippen molar-refractivity contribution in [2.45, 2.75) is 25.7 Å². The number of hydrogen-bond donors (Lipinski definition) is 2. The van der Waals surface area contributed by atoms with Crippen molar-refractivity contribution in [2.24, 2.45) is 5.92 Å². The van der Waals surface area contributed by atoms with E-state index in [-0.39, 0.29) is 5.41 Å². The summed E-state index contributed by atoms with van der Waals surface area (Å²) in [6, 6.07) is 7.73. The van der Waals surface area contributed by atoms with E-state index in [2.05, 4.69) is 25.2 Å². The monoisotopic (exact) mass is 205 g/mol. The van der Waals surface area contributed by atoms with Gasteiger partial charge in [-0.15, -0.1) is 0 Å². The standard InChI is InChI=1S/C13H19NO/c1-10-9-14-8-7-13(10,2)11-5-3-4-6-12(11)15/h3-6,10,14-15H,7-9H2,1-2H3/t10-,13+/m0/s1. The zero-order valence-electron chi connectivity index (χ0n) is 9.46. The van der Waals surface area contributed by atoms with Crippen LogP contribution >= 0.6 is 0 Å². The molecule has 82 valence electrons. The summed E-state index contributed by atoms with van der Waals surface area (Å²) >= 11 is 0. The third-order valence-electron chi connectivity index (χ3n) is 3.88. The molecule has 2 heteroatoms. The van der Waals surface area contributed by atoms with Crippen LogP contribution in [0.15, 0.2) is 24.3 Å². The van der Waals surface area contributed by atoms with Crippen molar-refractivity contribution in [3.05, 3.63) is 29.8 Å². The highest BCUT2D eigenvalue weighted by Crippen LogP contribution is 2.40. The lowest BCUT2D eigenvalue weighted by Crippen LogP contribution is -2.44. The molecule has 0 unspecified atom stereocenters. The van der Waals surface area contributed by atoms with Crippen molar-refractivity contribution in [2.75, 3.05) is 13.1 Å². The van der Waals surface area contributed by atoms with Crippen LogP contribution in [0.2, 0.25) is 0 Å². The van der Waals surface area contributed by atoms with Gasteiger partial charge in [0.05, 0.1) is 0 Å². The van der Waals surface area contributed by atoms with Crippen molar-refractivity contribution in [1.29, 1.82) is 0 Å². The van der Waals surface area contributed by atoms with Gasteiger partial charge in [-0.1, -0.05) is 32.0 Å². The molecule has 0 aliphatic carbocycles. The predicted octanol–water partition coefficient (Wildman–Crippen LogP) is 2.28. The van der Waals surface area contributed by atoms with Crippen LogP contribution in [0.4, 0.5) is 0 Å². The Morgan fingerprint density at radius 2 is 2.13 bits per heavy atom. The quantitative estimate of drug-likeness (QED) is 0.737. The molecule has 15 heavy (non-hydrogen) atoms. The number of phenols is 1. The molecule has 2 rings (SSSR count). The summed E-state index contributed by atoms with van der Waals surface area (Å²) in [7, 11) is 0. The minimum atomic E-state index is 0.108. The molecular weight excluding hydrogens is 186 g/mol. The number of benzene rings is 1. The van der Waals surface area contributed by atoms with Gasteiger partial charge in [-0.2, -0.15) is 0 Å². The zero-order chi connectivity index (χ0) is 10.9. The van der Waals surface area contributed by atoms with Gasteiger partial charge in [-0.05, 0) is 31.5 Å². The first-order chi connectivity index (χ1) is 7.14. The lowest BCUT2D eigenvalue weighted by molar-refractivity contribution is 0.232. The van der Waals surface area contributed by atoms with Gasteiger partial charge in [0, 0.05) is 11.0 Å². The Morgan fingerprint density at radius 3 is 2.80 bits per heavy atom. The number of piperidine rings is 1. The molecule has 1 saturated heterocycles. The van der Waals surface area contributed by atoms with Gasteiger partial charge in [0.15, 0.2) is 0 Å². The van der Waals surface area contributed by atoms with Crippen molar-refractivity contribution < 1.29 is 5.11 Å². The van der Waals surface area contributed by atoms with Crippen LogP contribution in [0.3, 0.4) is 0 Å². The normalized spacial score (nSPS) is 31.5. The van der Waals surface area contributed by atoms with E-state index < -0.39 is 0 Å². The first-order valence-electron chi connectivity index (χ1n) is 5.64. The summed E-state index contributed by atoms with van der Waals surface area (Å²) in [5.41, 5.74) is 1.20. The summed E-state index contributed by atoms with van der Waals surface area (Å²) in [6.07, 6.45) is 1.09. The van der Waals surface area contributed by atoms with Crippen molar-refractivity contribution >= 4 is 0 Å². The summed E-state index contributed by atoms with van der Waals surface area (Å²) in [5.74, 6) is 0.994. The molecule has 0 aromatic heterocycles. The number of nitrogens with one attached hydrogen (secondary N) is 1. The molecule has 0 bridgehead atoms. The third kappa shape index (κ3) is 1.74. The molecule has 0 saturated carbocycles. The number of hydrogen-bond acceptors (Lipinski definition) is 2. The average Bonchev–Trinajstić information content (AvgIpc) is 2.23. The topological polar surface area (TPSA) is 32.3 Å². The number of para-hydroxylation sites is 1. The molecular formula is C13H19NO. The molecule has 2 N–H and O–H groups in total. The lowest BCUT2D eigenvalue weighted by Gasteiger charge is -2.40. The van der Waals surface area contributed by atoms with Crippen LogP contribution in [0.1, 0.15) is 25.8 Å². The Morgan fingerprint density at radius 1 is 1.40 bits per heavy atom. The Balaban J connectivity index is 2.39. The molecule has 1 fully saturated rings. The third-order valence-corrected chi connectivity index (χ3v) is 3.88. The minimum Gasteiger partial charge on any atom is -0.508 e. The van der Waals surface area contributed by atoms with Crippen molar-refractivity contribution in [3.63, 3.8) is 0 Å². The van der Waals surface area contributed by atoms with Crippen molar-refractivity contribution in [3.8, 4) is 5.75 Å². The Labute approximate surface area is 91.3 Å². The van der Waals surface area contributed by atoms with E-state index >= 15 is 0 Å². The number of phenolic OH excluding ortho intramolecular Hbond substituents is 1. The molecule has 1 aliphatic rings. The Bertz CT molecular complexity index is 350. The highest BCUT2D eigenvalue weighted by atomic mass is 16.3. The van der Waals surface area contributed by atoms with Gasteiger partial charge < -0.3 is 10.4 Å². The molecule has 0 spiro atoms. The second-order valence-corrected chi connectivity index (χ2v) is 4.79. The van der Waals surface area contributed by atoms with E-state index in [4.69, 9.17) is 0 Å². The number of aromatic hydroxyl groups is 1. The first-order valence-corrected chi connectivity index (χ1v) is 5.64. The maximum absolute atomic E-state index is 9.93. The van der Waals surface area contributed by atoms with Crippen LogP contribution in [-0.2, 0) is 5.41 Å². The maximum atomic E-state index is 9.93. The van der Waals surface area contributed by atoms with E-state index in [1.165, 1.54) is 0 Å². The van der Waals surface area contributed by atoms with Crippen LogP contribution in [0.5, 0.6) is 5.75 Å². The largest absolute Gasteiger partial charge is 0.508 e. The highest BCUT2D eigenvalue weighted by Gasteiger charge is 2.36. The second-order valence-electron chi connectivity index (χ2n) is 4.79. The van der Waals surface area contributed by atoms with Gasteiger partial charge >= 0.3 is 0 Å². The molecule has 0 amide bonds. The minimum absolute atomic E-state index is 0.108. The summed E-state index contributed by atoms with van der Waals surface area (Å²) in [5, 5.41) is 13.3. The SMILES string of the molecule is C[C@H]1CNCC[C@@]1(C)c1ccccc1O. The first kappa shape index (κ1) is 10.5. The van der Waals surface area contributed by atoms with Gasteiger partial charge in [0.1, 0.15) is 5.75 Å². The smallest absolute Gasteiger partial charge is 0.119 e. The Kier molecular flexibility index (Phi) is 2.70. The molecule has 1 aromatic rings. The predicted molar refractivity (Wildman–Crippen MR) is 62.1 cm³/mol. The second kappa shape index (κ2) is 3.86. The highest BCUT2D eigenvalue weighted by molar-refractivity contribution is 5.39. The van der Waals surface area contributed by atoms with E-state index in [0.717, 1.165) is 25.1 Å². The van der Waals surface area contributed by atoms with Crippen LogP contribution in [0.25, 0.3) is 0 Å². The number of rotatable bonds is 1.